The van der Waals surface area contributed by atoms with Gasteiger partial charge in [0.1, 0.15) is 11.3 Å². The van der Waals surface area contributed by atoms with Gasteiger partial charge in [-0.15, -0.1) is 0 Å². The van der Waals surface area contributed by atoms with Crippen molar-refractivity contribution >= 4 is 34.2 Å². The van der Waals surface area contributed by atoms with Crippen molar-refractivity contribution < 1.29 is 4.42 Å². The summed E-state index contributed by atoms with van der Waals surface area (Å²) in [6, 6.07) is 3.66. The standard InChI is InChI=1S/C15H17Cl2NO/c1-2-5-18-8-13-14(9-3-4-9)15-11(17)6-10(16)7-12(15)19-13/h6-7,9,18H,2-5,8H2,1H3. The van der Waals surface area contributed by atoms with Crippen LogP contribution in [0.3, 0.4) is 0 Å². The summed E-state index contributed by atoms with van der Waals surface area (Å²) in [4.78, 5) is 0. The number of rotatable bonds is 5. The third kappa shape index (κ3) is 2.62. The van der Waals surface area contributed by atoms with E-state index in [1.165, 1.54) is 18.4 Å². The second-order valence-corrected chi connectivity index (χ2v) is 5.99. The van der Waals surface area contributed by atoms with Crippen molar-refractivity contribution in [1.29, 1.82) is 0 Å². The van der Waals surface area contributed by atoms with Gasteiger partial charge in [0.2, 0.25) is 0 Å². The molecule has 1 fully saturated rings. The number of furan rings is 1. The molecule has 2 aromatic rings. The van der Waals surface area contributed by atoms with Crippen molar-refractivity contribution in [1.82, 2.24) is 5.32 Å². The van der Waals surface area contributed by atoms with Gasteiger partial charge < -0.3 is 9.73 Å². The van der Waals surface area contributed by atoms with Crippen molar-refractivity contribution in [3.05, 3.63) is 33.5 Å². The van der Waals surface area contributed by atoms with Crippen molar-refractivity contribution in [2.45, 2.75) is 38.6 Å². The van der Waals surface area contributed by atoms with Crippen LogP contribution in [0.25, 0.3) is 11.0 Å². The van der Waals surface area contributed by atoms with E-state index in [1.807, 2.05) is 6.07 Å². The highest BCUT2D eigenvalue weighted by molar-refractivity contribution is 6.38. The van der Waals surface area contributed by atoms with Crippen LogP contribution in [0.2, 0.25) is 10.0 Å². The van der Waals surface area contributed by atoms with Gasteiger partial charge in [-0.2, -0.15) is 0 Å². The first-order valence-electron chi connectivity index (χ1n) is 6.81. The highest BCUT2D eigenvalue weighted by Gasteiger charge is 2.31. The fourth-order valence-electron chi connectivity index (χ4n) is 2.53. The Hall–Kier alpha value is -0.700. The molecule has 19 heavy (non-hydrogen) atoms. The van der Waals surface area contributed by atoms with Gasteiger partial charge in [-0.1, -0.05) is 30.1 Å². The fourth-order valence-corrected chi connectivity index (χ4v) is 3.11. The molecule has 1 N–H and O–H groups in total. The van der Waals surface area contributed by atoms with Gasteiger partial charge in [0, 0.05) is 22.0 Å². The van der Waals surface area contributed by atoms with E-state index in [4.69, 9.17) is 27.6 Å². The van der Waals surface area contributed by atoms with E-state index in [2.05, 4.69) is 12.2 Å². The average molecular weight is 298 g/mol. The molecule has 4 heteroatoms. The minimum absolute atomic E-state index is 0.610. The number of fused-ring (bicyclic) bond motifs is 1. The van der Waals surface area contributed by atoms with Crippen LogP contribution in [-0.2, 0) is 6.54 Å². The van der Waals surface area contributed by atoms with Crippen LogP contribution in [0.15, 0.2) is 16.5 Å². The summed E-state index contributed by atoms with van der Waals surface area (Å²) in [5.41, 5.74) is 2.10. The maximum absolute atomic E-state index is 6.35. The molecule has 2 nitrogen and oxygen atoms in total. The molecule has 0 unspecified atom stereocenters. The van der Waals surface area contributed by atoms with E-state index in [9.17, 15) is 0 Å². The van der Waals surface area contributed by atoms with Gasteiger partial charge in [-0.05, 0) is 37.8 Å². The summed E-state index contributed by atoms with van der Waals surface area (Å²) in [6.45, 7) is 3.92. The van der Waals surface area contributed by atoms with E-state index in [-0.39, 0.29) is 0 Å². The molecular formula is C15H17Cl2NO. The van der Waals surface area contributed by atoms with Crippen LogP contribution in [0.1, 0.15) is 43.4 Å². The second kappa shape index (κ2) is 5.35. The maximum atomic E-state index is 6.35. The zero-order valence-corrected chi connectivity index (χ0v) is 12.4. The second-order valence-electron chi connectivity index (χ2n) is 5.15. The monoisotopic (exact) mass is 297 g/mol. The normalized spacial score (nSPS) is 15.3. The minimum atomic E-state index is 0.610. The highest BCUT2D eigenvalue weighted by atomic mass is 35.5. The largest absolute Gasteiger partial charge is 0.459 e. The van der Waals surface area contributed by atoms with Crippen LogP contribution in [0.5, 0.6) is 0 Å². The maximum Gasteiger partial charge on any atom is 0.137 e. The Balaban J connectivity index is 2.05. The highest BCUT2D eigenvalue weighted by Crippen LogP contribution is 2.48. The third-order valence-electron chi connectivity index (χ3n) is 3.52. The Morgan fingerprint density at radius 3 is 2.79 bits per heavy atom. The first-order chi connectivity index (χ1) is 9.20. The van der Waals surface area contributed by atoms with Gasteiger partial charge in [0.25, 0.3) is 0 Å². The predicted octanol–water partition coefficient (Wildman–Crippen LogP) is 5.12. The molecule has 1 aromatic heterocycles. The van der Waals surface area contributed by atoms with Gasteiger partial charge in [-0.3, -0.25) is 0 Å². The Labute approximate surface area is 123 Å². The molecular weight excluding hydrogens is 281 g/mol. The van der Waals surface area contributed by atoms with Gasteiger partial charge >= 0.3 is 0 Å². The van der Waals surface area contributed by atoms with Gasteiger partial charge in [0.05, 0.1) is 11.6 Å². The van der Waals surface area contributed by atoms with Crippen molar-refractivity contribution in [2.24, 2.45) is 0 Å². The van der Waals surface area contributed by atoms with Crippen LogP contribution in [0.4, 0.5) is 0 Å². The van der Waals surface area contributed by atoms with E-state index >= 15 is 0 Å². The summed E-state index contributed by atoms with van der Waals surface area (Å²) in [5, 5.41) is 5.79. The molecule has 1 heterocycles. The molecule has 0 radical (unpaired) electrons. The summed E-state index contributed by atoms with van der Waals surface area (Å²) >= 11 is 12.4. The molecule has 1 aliphatic rings. The average Bonchev–Trinajstić information content (AvgIpc) is 3.12. The zero-order valence-electron chi connectivity index (χ0n) is 10.9. The van der Waals surface area contributed by atoms with Crippen molar-refractivity contribution in [3.8, 4) is 0 Å². The molecule has 102 valence electrons. The summed E-state index contributed by atoms with van der Waals surface area (Å²) in [7, 11) is 0. The molecule has 1 aromatic carbocycles. The lowest BCUT2D eigenvalue weighted by Crippen LogP contribution is -2.14. The molecule has 0 saturated heterocycles. The minimum Gasteiger partial charge on any atom is -0.459 e. The number of benzene rings is 1. The summed E-state index contributed by atoms with van der Waals surface area (Å²) in [5.74, 6) is 1.63. The molecule has 0 aliphatic heterocycles. The first kappa shape index (κ1) is 13.3. The van der Waals surface area contributed by atoms with Crippen LogP contribution in [0, 0.1) is 0 Å². The predicted molar refractivity (Wildman–Crippen MR) is 80.2 cm³/mol. The Bertz CT molecular complexity index is 602. The smallest absolute Gasteiger partial charge is 0.137 e. The Morgan fingerprint density at radius 2 is 2.11 bits per heavy atom. The lowest BCUT2D eigenvalue weighted by atomic mass is 10.1. The van der Waals surface area contributed by atoms with Crippen molar-refractivity contribution in [2.75, 3.05) is 6.54 Å². The lowest BCUT2D eigenvalue weighted by molar-refractivity contribution is 0.507. The Kier molecular flexibility index (Phi) is 3.75. The first-order valence-corrected chi connectivity index (χ1v) is 7.57. The molecule has 0 spiro atoms. The zero-order chi connectivity index (χ0) is 13.4. The molecule has 3 rings (SSSR count). The molecule has 1 saturated carbocycles. The third-order valence-corrected chi connectivity index (χ3v) is 4.04. The quantitative estimate of drug-likeness (QED) is 0.775. The summed E-state index contributed by atoms with van der Waals surface area (Å²) < 4.78 is 5.98. The lowest BCUT2D eigenvalue weighted by Gasteiger charge is -2.03. The topological polar surface area (TPSA) is 25.2 Å². The van der Waals surface area contributed by atoms with E-state index in [0.717, 1.165) is 36.2 Å². The van der Waals surface area contributed by atoms with Gasteiger partial charge in [-0.25, -0.2) is 0 Å². The number of hydrogen-bond acceptors (Lipinski definition) is 2. The summed E-state index contributed by atoms with van der Waals surface area (Å²) in [6.07, 6.45) is 3.58. The molecule has 0 bridgehead atoms. The SMILES string of the molecule is CCCNCc1oc2cc(Cl)cc(Cl)c2c1C1CC1. The number of hydrogen-bond donors (Lipinski definition) is 1. The molecule has 1 aliphatic carbocycles. The molecule has 0 atom stereocenters. The molecule has 0 amide bonds. The van der Waals surface area contributed by atoms with E-state index in [0.29, 0.717) is 16.0 Å². The van der Waals surface area contributed by atoms with Crippen molar-refractivity contribution in [3.63, 3.8) is 0 Å². The van der Waals surface area contributed by atoms with E-state index < -0.39 is 0 Å². The van der Waals surface area contributed by atoms with Crippen LogP contribution >= 0.6 is 23.2 Å². The fraction of sp³-hybridized carbons (Fsp3) is 0.467. The van der Waals surface area contributed by atoms with Crippen LogP contribution in [-0.4, -0.2) is 6.54 Å². The number of nitrogens with one attached hydrogen (secondary N) is 1. The van der Waals surface area contributed by atoms with Crippen LogP contribution < -0.4 is 5.32 Å². The Morgan fingerprint density at radius 1 is 1.32 bits per heavy atom. The van der Waals surface area contributed by atoms with Gasteiger partial charge in [0.15, 0.2) is 0 Å². The van der Waals surface area contributed by atoms with E-state index in [1.54, 1.807) is 6.07 Å². The number of halogens is 2.